The molecule has 16 heavy (non-hydrogen) atoms. The minimum absolute atomic E-state index is 0.127. The van der Waals surface area contributed by atoms with Gasteiger partial charge in [-0.25, -0.2) is 4.79 Å². The summed E-state index contributed by atoms with van der Waals surface area (Å²) in [5.41, 5.74) is 0.127. The first-order chi connectivity index (χ1) is 7.59. The highest BCUT2D eigenvalue weighted by Gasteiger charge is 2.37. The van der Waals surface area contributed by atoms with Crippen LogP contribution in [0.5, 0.6) is 0 Å². The third kappa shape index (κ3) is 1.78. The molecule has 84 valence electrons. The van der Waals surface area contributed by atoms with Crippen molar-refractivity contribution in [2.45, 2.75) is 6.42 Å². The van der Waals surface area contributed by atoms with E-state index >= 15 is 0 Å². The predicted molar refractivity (Wildman–Crippen MR) is 58.2 cm³/mol. The molecule has 0 aromatic heterocycles. The van der Waals surface area contributed by atoms with Crippen LogP contribution in [0, 0.1) is 5.92 Å². The van der Waals surface area contributed by atoms with E-state index in [0.717, 1.165) is 0 Å². The summed E-state index contributed by atoms with van der Waals surface area (Å²) in [6, 6.07) is 0. The summed E-state index contributed by atoms with van der Waals surface area (Å²) in [4.78, 5) is 25.3. The van der Waals surface area contributed by atoms with Crippen molar-refractivity contribution in [3.05, 3.63) is 35.8 Å². The van der Waals surface area contributed by atoms with Gasteiger partial charge in [0, 0.05) is 20.3 Å². The SMILES string of the molecule is CN(C)C=C1C(=O)OC2=CC=CCC2C1=O. The molecule has 0 radical (unpaired) electrons. The van der Waals surface area contributed by atoms with Crippen molar-refractivity contribution >= 4 is 11.8 Å². The van der Waals surface area contributed by atoms with Crippen LogP contribution >= 0.6 is 0 Å². The van der Waals surface area contributed by atoms with Crippen LogP contribution in [0.1, 0.15) is 6.42 Å². The molecule has 0 aromatic rings. The maximum Gasteiger partial charge on any atom is 0.348 e. The average molecular weight is 219 g/mol. The summed E-state index contributed by atoms with van der Waals surface area (Å²) >= 11 is 0. The zero-order valence-electron chi connectivity index (χ0n) is 9.27. The van der Waals surface area contributed by atoms with Crippen molar-refractivity contribution in [1.29, 1.82) is 0 Å². The standard InChI is InChI=1S/C12H13NO3/c1-13(2)7-9-11(14)8-5-3-4-6-10(8)16-12(9)15/h3-4,6-8H,5H2,1-2H3. The van der Waals surface area contributed by atoms with Gasteiger partial charge in [-0.2, -0.15) is 0 Å². The summed E-state index contributed by atoms with van der Waals surface area (Å²) in [5.74, 6) is -0.570. The predicted octanol–water partition coefficient (Wildman–Crippen LogP) is 1.02. The number of nitrogens with zero attached hydrogens (tertiary/aromatic N) is 1. The van der Waals surface area contributed by atoms with Gasteiger partial charge in [0.25, 0.3) is 0 Å². The number of fused-ring (bicyclic) bond motifs is 1. The molecular weight excluding hydrogens is 206 g/mol. The molecule has 2 aliphatic rings. The third-order valence-corrected chi connectivity index (χ3v) is 2.51. The van der Waals surface area contributed by atoms with E-state index in [4.69, 9.17) is 4.74 Å². The Kier molecular flexibility index (Phi) is 2.64. The third-order valence-electron chi connectivity index (χ3n) is 2.51. The molecule has 0 saturated carbocycles. The Morgan fingerprint density at radius 1 is 1.44 bits per heavy atom. The van der Waals surface area contributed by atoms with Gasteiger partial charge in [-0.3, -0.25) is 4.79 Å². The van der Waals surface area contributed by atoms with E-state index in [2.05, 4.69) is 0 Å². The number of ether oxygens (including phenoxy) is 1. The second kappa shape index (κ2) is 3.96. The van der Waals surface area contributed by atoms with Crippen LogP contribution in [0.4, 0.5) is 0 Å². The van der Waals surface area contributed by atoms with Crippen molar-refractivity contribution in [2.24, 2.45) is 5.92 Å². The molecule has 0 bridgehead atoms. The van der Waals surface area contributed by atoms with Crippen LogP contribution < -0.4 is 0 Å². The van der Waals surface area contributed by atoms with Crippen LogP contribution in [0.3, 0.4) is 0 Å². The van der Waals surface area contributed by atoms with E-state index in [1.165, 1.54) is 6.20 Å². The molecule has 2 rings (SSSR count). The molecular formula is C12H13NO3. The van der Waals surface area contributed by atoms with E-state index in [1.807, 2.05) is 6.08 Å². The number of hydrogen-bond donors (Lipinski definition) is 0. The molecule has 4 nitrogen and oxygen atoms in total. The minimum Gasteiger partial charge on any atom is -0.427 e. The number of Topliss-reactive ketones (excluding diaryl/α,β-unsaturated/α-hetero) is 1. The highest BCUT2D eigenvalue weighted by molar-refractivity contribution is 6.20. The topological polar surface area (TPSA) is 46.6 Å². The molecule has 1 aliphatic carbocycles. The molecule has 1 heterocycles. The number of carbonyl (C=O) groups is 2. The van der Waals surface area contributed by atoms with Crippen LogP contribution in [0.25, 0.3) is 0 Å². The number of ketones is 1. The highest BCUT2D eigenvalue weighted by atomic mass is 16.5. The van der Waals surface area contributed by atoms with Gasteiger partial charge in [0.05, 0.1) is 5.92 Å². The number of hydrogen-bond acceptors (Lipinski definition) is 4. The van der Waals surface area contributed by atoms with Gasteiger partial charge in [-0.15, -0.1) is 0 Å². The molecule has 4 heteroatoms. The fourth-order valence-corrected chi connectivity index (χ4v) is 1.78. The minimum atomic E-state index is -0.559. The van der Waals surface area contributed by atoms with Gasteiger partial charge in [0.2, 0.25) is 0 Å². The molecule has 1 unspecified atom stereocenters. The van der Waals surface area contributed by atoms with E-state index in [9.17, 15) is 9.59 Å². The number of rotatable bonds is 1. The van der Waals surface area contributed by atoms with Crippen LogP contribution in [-0.2, 0) is 14.3 Å². The zero-order valence-corrected chi connectivity index (χ0v) is 9.27. The zero-order chi connectivity index (χ0) is 11.7. The number of esters is 1. The molecule has 0 spiro atoms. The smallest absolute Gasteiger partial charge is 0.348 e. The Balaban J connectivity index is 2.34. The van der Waals surface area contributed by atoms with Gasteiger partial charge in [-0.05, 0) is 12.5 Å². The molecule has 1 aliphatic heterocycles. The lowest BCUT2D eigenvalue weighted by Gasteiger charge is -2.26. The Morgan fingerprint density at radius 3 is 2.88 bits per heavy atom. The second-order valence-corrected chi connectivity index (χ2v) is 4.05. The Morgan fingerprint density at radius 2 is 2.19 bits per heavy atom. The lowest BCUT2D eigenvalue weighted by atomic mass is 9.88. The average Bonchev–Trinajstić information content (AvgIpc) is 2.24. The van der Waals surface area contributed by atoms with Gasteiger partial charge in [0.15, 0.2) is 5.78 Å². The molecule has 0 N–H and O–H groups in total. The maximum atomic E-state index is 12.0. The molecule has 0 amide bonds. The van der Waals surface area contributed by atoms with E-state index in [1.54, 1.807) is 31.1 Å². The van der Waals surface area contributed by atoms with Crippen molar-refractivity contribution in [3.63, 3.8) is 0 Å². The summed E-state index contributed by atoms with van der Waals surface area (Å²) in [5, 5.41) is 0. The largest absolute Gasteiger partial charge is 0.427 e. The van der Waals surface area contributed by atoms with Crippen molar-refractivity contribution in [2.75, 3.05) is 14.1 Å². The number of allylic oxidation sites excluding steroid dienone is 4. The Labute approximate surface area is 93.9 Å². The van der Waals surface area contributed by atoms with Gasteiger partial charge in [0.1, 0.15) is 11.3 Å². The van der Waals surface area contributed by atoms with Crippen LogP contribution in [-0.4, -0.2) is 30.7 Å². The first-order valence-corrected chi connectivity index (χ1v) is 5.11. The van der Waals surface area contributed by atoms with Gasteiger partial charge < -0.3 is 9.64 Å². The Bertz CT molecular complexity index is 430. The molecule has 1 atom stereocenters. The maximum absolute atomic E-state index is 12.0. The number of carbonyl (C=O) groups excluding carboxylic acids is 2. The molecule has 1 fully saturated rings. The second-order valence-electron chi connectivity index (χ2n) is 4.05. The fourth-order valence-electron chi connectivity index (χ4n) is 1.78. The summed E-state index contributed by atoms with van der Waals surface area (Å²) in [6.07, 6.45) is 7.49. The van der Waals surface area contributed by atoms with E-state index < -0.39 is 5.97 Å². The van der Waals surface area contributed by atoms with Crippen molar-refractivity contribution in [3.8, 4) is 0 Å². The lowest BCUT2D eigenvalue weighted by Crippen LogP contribution is -2.33. The normalized spacial score (nSPS) is 26.2. The monoisotopic (exact) mass is 219 g/mol. The first-order valence-electron chi connectivity index (χ1n) is 5.11. The van der Waals surface area contributed by atoms with Crippen molar-refractivity contribution in [1.82, 2.24) is 4.90 Å². The van der Waals surface area contributed by atoms with Crippen LogP contribution in [0.15, 0.2) is 35.8 Å². The molecule has 1 saturated heterocycles. The van der Waals surface area contributed by atoms with Gasteiger partial charge >= 0.3 is 5.97 Å². The quantitative estimate of drug-likeness (QED) is 0.375. The summed E-state index contributed by atoms with van der Waals surface area (Å²) < 4.78 is 5.13. The highest BCUT2D eigenvalue weighted by Crippen LogP contribution is 2.30. The summed E-state index contributed by atoms with van der Waals surface area (Å²) in [6.45, 7) is 0. The van der Waals surface area contributed by atoms with E-state index in [0.29, 0.717) is 12.2 Å². The lowest BCUT2D eigenvalue weighted by molar-refractivity contribution is -0.142. The Hall–Kier alpha value is -1.84. The summed E-state index contributed by atoms with van der Waals surface area (Å²) in [7, 11) is 3.53. The fraction of sp³-hybridized carbons (Fsp3) is 0.333. The van der Waals surface area contributed by atoms with Gasteiger partial charge in [-0.1, -0.05) is 12.2 Å². The van der Waals surface area contributed by atoms with E-state index in [-0.39, 0.29) is 17.3 Å². The van der Waals surface area contributed by atoms with Crippen LogP contribution in [0.2, 0.25) is 0 Å². The molecule has 0 aromatic carbocycles. The first kappa shape index (κ1) is 10.7. The van der Waals surface area contributed by atoms with Crippen molar-refractivity contribution < 1.29 is 14.3 Å².